The van der Waals surface area contributed by atoms with Crippen LogP contribution >= 0.6 is 11.6 Å². The number of nitrogens with one attached hydrogen (secondary N) is 1. The van der Waals surface area contributed by atoms with Crippen molar-refractivity contribution in [3.8, 4) is 0 Å². The van der Waals surface area contributed by atoms with Gasteiger partial charge in [-0.15, -0.1) is 0 Å². The second-order valence-electron chi connectivity index (χ2n) is 10.1. The zero-order valence-corrected chi connectivity index (χ0v) is 22.4. The summed E-state index contributed by atoms with van der Waals surface area (Å²) in [5.41, 5.74) is 0.704. The Morgan fingerprint density at radius 3 is 2.51 bits per heavy atom. The third-order valence-corrected chi connectivity index (χ3v) is 8.32. The number of sulfonamides is 1. The van der Waals surface area contributed by atoms with E-state index in [1.54, 1.807) is 45.0 Å². The van der Waals surface area contributed by atoms with E-state index in [0.29, 0.717) is 40.3 Å². The molecule has 5 rings (SSSR count). The van der Waals surface area contributed by atoms with Crippen LogP contribution in [0.5, 0.6) is 0 Å². The van der Waals surface area contributed by atoms with E-state index in [2.05, 4.69) is 9.97 Å². The molecule has 2 aliphatic rings. The molecule has 0 aliphatic carbocycles. The number of piperazine rings is 1. The lowest BCUT2D eigenvalue weighted by molar-refractivity contribution is 0.0208. The quantitative estimate of drug-likeness (QED) is 0.531. The lowest BCUT2D eigenvalue weighted by Gasteiger charge is -2.33. The lowest BCUT2D eigenvalue weighted by Crippen LogP contribution is -2.50. The Balaban J connectivity index is 1.23. The number of aromatic amines is 1. The first-order valence-electron chi connectivity index (χ1n) is 11.9. The highest BCUT2D eigenvalue weighted by molar-refractivity contribution is 7.89. The van der Waals surface area contributed by atoms with Gasteiger partial charge in [-0.3, -0.25) is 4.79 Å². The predicted octanol–water partition coefficient (Wildman–Crippen LogP) is 3.25. The topological polar surface area (TPSA) is 129 Å². The molecule has 13 heteroatoms. The number of carbonyl (C=O) groups is 2. The minimum atomic E-state index is -3.77. The van der Waals surface area contributed by atoms with Gasteiger partial charge in [0.25, 0.3) is 15.9 Å². The number of aromatic nitrogens is 2. The molecule has 2 aromatic heterocycles. The Morgan fingerprint density at radius 2 is 1.81 bits per heavy atom. The van der Waals surface area contributed by atoms with Crippen molar-refractivity contribution in [3.05, 3.63) is 46.6 Å². The van der Waals surface area contributed by atoms with E-state index in [1.165, 1.54) is 14.1 Å². The molecule has 2 amide bonds. The number of oxazole rings is 1. The van der Waals surface area contributed by atoms with Gasteiger partial charge >= 0.3 is 12.0 Å². The van der Waals surface area contributed by atoms with Crippen molar-refractivity contribution in [2.24, 2.45) is 0 Å². The molecule has 0 bridgehead atoms. The van der Waals surface area contributed by atoms with Crippen molar-refractivity contribution in [1.29, 1.82) is 0 Å². The van der Waals surface area contributed by atoms with Crippen LogP contribution in [0.25, 0.3) is 10.9 Å². The summed E-state index contributed by atoms with van der Waals surface area (Å²) in [6, 6.07) is 6.68. The van der Waals surface area contributed by atoms with Gasteiger partial charge in [0.15, 0.2) is 0 Å². The van der Waals surface area contributed by atoms with Crippen molar-refractivity contribution in [2.45, 2.75) is 44.4 Å². The highest BCUT2D eigenvalue weighted by Gasteiger charge is 2.35. The number of hydrogen-bond acceptors (Lipinski definition) is 7. The number of halogens is 1. The summed E-state index contributed by atoms with van der Waals surface area (Å²) >= 11 is 6.02. The van der Waals surface area contributed by atoms with Crippen LogP contribution in [0.15, 0.2) is 33.7 Å². The number of H-pyrrole nitrogens is 1. The molecule has 0 atom stereocenters. The lowest BCUT2D eigenvalue weighted by atomic mass is 10.1. The average molecular weight is 550 g/mol. The molecule has 11 nitrogen and oxygen atoms in total. The average Bonchev–Trinajstić information content (AvgIpc) is 3.46. The fourth-order valence-electron chi connectivity index (χ4n) is 4.39. The standard InChI is InChI=1S/C24H28ClN5O6S/c1-24(2,3)36-23(32)29-7-6-18-19(14-29)35-21(27-18)22(31)28-8-10-30(11-9-28)37(33,34)20-13-15-12-16(25)4-5-17(15)26-20/h4-5,12-13,26H,6-11,14H2,1-3H3. The number of fused-ring (bicyclic) bond motifs is 2. The van der Waals surface area contributed by atoms with Gasteiger partial charge in [0.2, 0.25) is 0 Å². The smallest absolute Gasteiger partial charge is 0.410 e. The maximum absolute atomic E-state index is 13.2. The third kappa shape index (κ3) is 5.18. The molecule has 0 unspecified atom stereocenters. The Bertz CT molecular complexity index is 1470. The van der Waals surface area contributed by atoms with Gasteiger partial charge in [0, 0.05) is 55.1 Å². The van der Waals surface area contributed by atoms with Crippen molar-refractivity contribution in [3.63, 3.8) is 0 Å². The monoisotopic (exact) mass is 549 g/mol. The van der Waals surface area contributed by atoms with Gasteiger partial charge in [0.1, 0.15) is 16.4 Å². The second-order valence-corrected chi connectivity index (χ2v) is 12.4. The van der Waals surface area contributed by atoms with Crippen LogP contribution in [0, 0.1) is 0 Å². The Morgan fingerprint density at radius 1 is 1.08 bits per heavy atom. The first-order valence-corrected chi connectivity index (χ1v) is 13.8. The van der Waals surface area contributed by atoms with E-state index in [9.17, 15) is 18.0 Å². The van der Waals surface area contributed by atoms with Crippen molar-refractivity contribution >= 4 is 44.5 Å². The van der Waals surface area contributed by atoms with Crippen LogP contribution in [0.2, 0.25) is 5.02 Å². The van der Waals surface area contributed by atoms with Crippen LogP contribution in [-0.4, -0.2) is 82.8 Å². The normalized spacial score (nSPS) is 17.2. The van der Waals surface area contributed by atoms with Gasteiger partial charge in [-0.25, -0.2) is 18.2 Å². The minimum absolute atomic E-state index is 0.0557. The summed E-state index contributed by atoms with van der Waals surface area (Å²) in [6.45, 7) is 6.65. The Hall–Kier alpha value is -3.09. The molecular weight excluding hydrogens is 522 g/mol. The molecule has 1 saturated heterocycles. The maximum atomic E-state index is 13.2. The van der Waals surface area contributed by atoms with Gasteiger partial charge < -0.3 is 23.9 Å². The Kier molecular flexibility index (Phi) is 6.45. The summed E-state index contributed by atoms with van der Waals surface area (Å²) in [5.74, 6) is -0.00375. The third-order valence-electron chi connectivity index (χ3n) is 6.27. The van der Waals surface area contributed by atoms with Crippen molar-refractivity contribution < 1.29 is 27.2 Å². The molecule has 1 aromatic carbocycles. The summed E-state index contributed by atoms with van der Waals surface area (Å²) in [6.07, 6.45) is 0.00501. The van der Waals surface area contributed by atoms with Gasteiger partial charge in [-0.05, 0) is 45.0 Å². The van der Waals surface area contributed by atoms with Crippen molar-refractivity contribution in [2.75, 3.05) is 32.7 Å². The second kappa shape index (κ2) is 9.34. The van der Waals surface area contributed by atoms with Crippen LogP contribution < -0.4 is 0 Å². The largest absolute Gasteiger partial charge is 0.444 e. The molecule has 4 heterocycles. The number of rotatable bonds is 3. The molecule has 1 fully saturated rings. The molecular formula is C24H28ClN5O6S. The van der Waals surface area contributed by atoms with E-state index in [0.717, 1.165) is 0 Å². The molecule has 2 aliphatic heterocycles. The molecule has 0 spiro atoms. The number of nitrogens with zero attached hydrogens (tertiary/aromatic N) is 4. The summed E-state index contributed by atoms with van der Waals surface area (Å²) in [5, 5.41) is 1.31. The molecule has 0 saturated carbocycles. The van der Waals surface area contributed by atoms with Crippen LogP contribution in [-0.2, 0) is 27.7 Å². The Labute approximate surface area is 219 Å². The number of amides is 2. The summed E-state index contributed by atoms with van der Waals surface area (Å²) in [7, 11) is -3.77. The molecule has 0 radical (unpaired) electrons. The fraction of sp³-hybridized carbons (Fsp3) is 0.458. The molecule has 1 N–H and O–H groups in total. The van der Waals surface area contributed by atoms with Gasteiger partial charge in [-0.2, -0.15) is 4.31 Å². The number of ether oxygens (including phenoxy) is 1. The SMILES string of the molecule is CC(C)(C)OC(=O)N1CCc2nc(C(=O)N3CCN(S(=O)(=O)c4cc5cc(Cl)ccc5[nH]4)CC3)oc2C1. The van der Waals surface area contributed by atoms with E-state index >= 15 is 0 Å². The first kappa shape index (κ1) is 25.6. The van der Waals surface area contributed by atoms with Gasteiger partial charge in [0.05, 0.1) is 12.2 Å². The molecule has 3 aromatic rings. The molecule has 198 valence electrons. The zero-order valence-electron chi connectivity index (χ0n) is 20.8. The van der Waals surface area contributed by atoms with E-state index in [1.807, 2.05) is 0 Å². The maximum Gasteiger partial charge on any atom is 0.410 e. The number of benzene rings is 1. The first-order chi connectivity index (χ1) is 17.4. The van der Waals surface area contributed by atoms with E-state index in [-0.39, 0.29) is 43.6 Å². The summed E-state index contributed by atoms with van der Waals surface area (Å²) in [4.78, 5) is 35.8. The number of carbonyl (C=O) groups excluding carboxylic acids is 2. The van der Waals surface area contributed by atoms with Gasteiger partial charge in [-0.1, -0.05) is 11.6 Å². The molecule has 37 heavy (non-hydrogen) atoms. The highest BCUT2D eigenvalue weighted by atomic mass is 35.5. The van der Waals surface area contributed by atoms with Crippen LogP contribution in [0.3, 0.4) is 0 Å². The predicted molar refractivity (Wildman–Crippen MR) is 135 cm³/mol. The minimum Gasteiger partial charge on any atom is -0.444 e. The van der Waals surface area contributed by atoms with Crippen LogP contribution in [0.4, 0.5) is 4.79 Å². The van der Waals surface area contributed by atoms with E-state index in [4.69, 9.17) is 20.8 Å². The summed E-state index contributed by atoms with van der Waals surface area (Å²) < 4.78 is 38.9. The zero-order chi connectivity index (χ0) is 26.5. The fourth-order valence-corrected chi connectivity index (χ4v) is 6.01. The highest BCUT2D eigenvalue weighted by Crippen LogP contribution is 2.26. The number of hydrogen-bond donors (Lipinski definition) is 1. The van der Waals surface area contributed by atoms with E-state index < -0.39 is 27.6 Å². The van der Waals surface area contributed by atoms with Crippen LogP contribution in [0.1, 0.15) is 42.9 Å². The van der Waals surface area contributed by atoms with Crippen molar-refractivity contribution in [1.82, 2.24) is 24.1 Å².